The molecule has 0 N–H and O–H groups in total. The standard InChI is InChI=1S/C56H35NO2/c1-2-10-37(11-3-1)47-16-8-17-48-51-34-41(27-33-53(51)59-56(47)48)36-22-28-42(29-23-36)57(44-32-26-40-21-20-38-12-4-5-13-45(38)50(40)35-44)43-30-24-39(25-31-43)46-15-9-19-54-55(46)49-14-6-7-18-52(49)58-54/h1-35H. The van der Waals surface area contributed by atoms with Crippen LogP contribution < -0.4 is 4.90 Å². The van der Waals surface area contributed by atoms with E-state index in [4.69, 9.17) is 8.83 Å². The lowest BCUT2D eigenvalue weighted by Crippen LogP contribution is -2.09. The van der Waals surface area contributed by atoms with E-state index in [1.807, 2.05) is 18.2 Å². The van der Waals surface area contributed by atoms with Crippen molar-refractivity contribution in [1.29, 1.82) is 0 Å². The van der Waals surface area contributed by atoms with Gasteiger partial charge in [-0.1, -0.05) is 152 Å². The van der Waals surface area contributed by atoms with E-state index in [1.54, 1.807) is 0 Å². The second-order valence-electron chi connectivity index (χ2n) is 15.3. The van der Waals surface area contributed by atoms with E-state index in [0.29, 0.717) is 0 Å². The van der Waals surface area contributed by atoms with E-state index < -0.39 is 0 Å². The number of fused-ring (bicyclic) bond motifs is 9. The molecule has 0 atom stereocenters. The van der Waals surface area contributed by atoms with Crippen molar-refractivity contribution in [2.75, 3.05) is 4.90 Å². The Morgan fingerprint density at radius 2 is 0.864 bits per heavy atom. The van der Waals surface area contributed by atoms with Crippen LogP contribution in [0, 0.1) is 0 Å². The molecule has 0 saturated carbocycles. The van der Waals surface area contributed by atoms with Crippen LogP contribution in [-0.4, -0.2) is 0 Å². The van der Waals surface area contributed by atoms with Gasteiger partial charge in [0.2, 0.25) is 0 Å². The highest BCUT2D eigenvalue weighted by Gasteiger charge is 2.18. The van der Waals surface area contributed by atoms with Crippen LogP contribution in [-0.2, 0) is 0 Å². The maximum Gasteiger partial charge on any atom is 0.143 e. The lowest BCUT2D eigenvalue weighted by atomic mass is 9.98. The van der Waals surface area contributed by atoms with Crippen LogP contribution in [0.15, 0.2) is 221 Å². The SMILES string of the molecule is c1ccc(-c2cccc3c2oc2ccc(-c4ccc(N(c5ccc(-c6cccc7oc8ccccc8c67)cc5)c5ccc6ccc7ccccc7c6c5)cc4)cc23)cc1. The van der Waals surface area contributed by atoms with Gasteiger partial charge in [-0.25, -0.2) is 0 Å². The molecule has 0 unspecified atom stereocenters. The summed E-state index contributed by atoms with van der Waals surface area (Å²) in [6, 6.07) is 75.8. The zero-order chi connectivity index (χ0) is 38.9. The Labute approximate surface area is 340 Å². The molecule has 2 aromatic heterocycles. The summed E-state index contributed by atoms with van der Waals surface area (Å²) >= 11 is 0. The molecule has 3 nitrogen and oxygen atoms in total. The van der Waals surface area contributed by atoms with Crippen LogP contribution in [0.1, 0.15) is 0 Å². The number of para-hydroxylation sites is 2. The molecule has 0 aliphatic heterocycles. The third-order valence-corrected chi connectivity index (χ3v) is 11.9. The maximum absolute atomic E-state index is 6.50. The average molecular weight is 754 g/mol. The van der Waals surface area contributed by atoms with Crippen LogP contribution in [0.2, 0.25) is 0 Å². The number of furan rings is 2. The minimum absolute atomic E-state index is 0.888. The molecule has 0 aliphatic rings. The van der Waals surface area contributed by atoms with Crippen molar-refractivity contribution in [2.24, 2.45) is 0 Å². The molecule has 0 spiro atoms. The van der Waals surface area contributed by atoms with E-state index in [-0.39, 0.29) is 0 Å². The Morgan fingerprint density at radius 3 is 1.69 bits per heavy atom. The first-order valence-corrected chi connectivity index (χ1v) is 20.1. The highest BCUT2D eigenvalue weighted by atomic mass is 16.3. The summed E-state index contributed by atoms with van der Waals surface area (Å²) in [4.78, 5) is 2.36. The maximum atomic E-state index is 6.50. The Morgan fingerprint density at radius 1 is 0.288 bits per heavy atom. The molecular weight excluding hydrogens is 719 g/mol. The first-order chi connectivity index (χ1) is 29.2. The number of benzene rings is 10. The molecule has 59 heavy (non-hydrogen) atoms. The number of hydrogen-bond acceptors (Lipinski definition) is 3. The Balaban J connectivity index is 0.964. The minimum Gasteiger partial charge on any atom is -0.456 e. The Bertz CT molecular complexity index is 3540. The van der Waals surface area contributed by atoms with Gasteiger partial charge in [-0.15, -0.1) is 0 Å². The molecule has 12 rings (SSSR count). The molecule has 0 aliphatic carbocycles. The largest absolute Gasteiger partial charge is 0.456 e. The van der Waals surface area contributed by atoms with Crippen LogP contribution in [0.4, 0.5) is 17.1 Å². The lowest BCUT2D eigenvalue weighted by Gasteiger charge is -2.26. The van der Waals surface area contributed by atoms with Gasteiger partial charge in [0.05, 0.1) is 0 Å². The predicted molar refractivity (Wildman–Crippen MR) is 247 cm³/mol. The van der Waals surface area contributed by atoms with E-state index in [2.05, 4.69) is 199 Å². The smallest absolute Gasteiger partial charge is 0.143 e. The van der Waals surface area contributed by atoms with E-state index in [9.17, 15) is 0 Å². The minimum atomic E-state index is 0.888. The molecule has 276 valence electrons. The number of hydrogen-bond donors (Lipinski definition) is 0. The van der Waals surface area contributed by atoms with Gasteiger partial charge in [-0.05, 0) is 110 Å². The van der Waals surface area contributed by atoms with Crippen molar-refractivity contribution >= 4 is 82.5 Å². The summed E-state index contributed by atoms with van der Waals surface area (Å²) in [7, 11) is 0. The van der Waals surface area contributed by atoms with E-state index in [0.717, 1.165) is 94.3 Å². The molecule has 0 saturated heterocycles. The van der Waals surface area contributed by atoms with Gasteiger partial charge in [0.1, 0.15) is 22.3 Å². The molecule has 0 radical (unpaired) electrons. The van der Waals surface area contributed by atoms with Crippen molar-refractivity contribution in [1.82, 2.24) is 0 Å². The van der Waals surface area contributed by atoms with Gasteiger partial charge in [0.25, 0.3) is 0 Å². The third-order valence-electron chi connectivity index (χ3n) is 11.9. The normalized spacial score (nSPS) is 11.7. The zero-order valence-corrected chi connectivity index (χ0v) is 32.0. The van der Waals surface area contributed by atoms with Gasteiger partial charge >= 0.3 is 0 Å². The second kappa shape index (κ2) is 13.4. The number of rotatable bonds is 6. The summed E-state index contributed by atoms with van der Waals surface area (Å²) in [5.74, 6) is 0. The van der Waals surface area contributed by atoms with Gasteiger partial charge in [0.15, 0.2) is 0 Å². The monoisotopic (exact) mass is 753 g/mol. The van der Waals surface area contributed by atoms with Crippen molar-refractivity contribution in [3.05, 3.63) is 212 Å². The number of anilines is 3. The molecule has 0 amide bonds. The first-order valence-electron chi connectivity index (χ1n) is 20.1. The van der Waals surface area contributed by atoms with Gasteiger partial charge in [-0.3, -0.25) is 0 Å². The predicted octanol–water partition coefficient (Wildman–Crippen LogP) is 16.3. The molecule has 2 heterocycles. The highest BCUT2D eigenvalue weighted by Crippen LogP contribution is 2.42. The zero-order valence-electron chi connectivity index (χ0n) is 32.0. The fourth-order valence-electron chi connectivity index (χ4n) is 9.01. The van der Waals surface area contributed by atoms with Crippen LogP contribution in [0.5, 0.6) is 0 Å². The third kappa shape index (κ3) is 5.51. The molecular formula is C56H35NO2. The topological polar surface area (TPSA) is 29.5 Å². The Hall–Kier alpha value is -7.88. The molecule has 0 fully saturated rings. The van der Waals surface area contributed by atoms with Gasteiger partial charge in [0, 0.05) is 44.2 Å². The molecule has 3 heteroatoms. The van der Waals surface area contributed by atoms with Crippen molar-refractivity contribution < 1.29 is 8.83 Å². The highest BCUT2D eigenvalue weighted by molar-refractivity contribution is 6.13. The summed E-state index contributed by atoms with van der Waals surface area (Å²) < 4.78 is 12.7. The Kier molecular flexibility index (Phi) is 7.54. The summed E-state index contributed by atoms with van der Waals surface area (Å²) in [6.07, 6.45) is 0. The van der Waals surface area contributed by atoms with Crippen molar-refractivity contribution in [3.8, 4) is 33.4 Å². The average Bonchev–Trinajstić information content (AvgIpc) is 3.88. The fraction of sp³-hybridized carbons (Fsp3) is 0. The lowest BCUT2D eigenvalue weighted by molar-refractivity contribution is 0.669. The fourth-order valence-corrected chi connectivity index (χ4v) is 9.01. The van der Waals surface area contributed by atoms with E-state index in [1.165, 1.54) is 21.5 Å². The summed E-state index contributed by atoms with van der Waals surface area (Å²) in [5, 5.41) is 9.43. The summed E-state index contributed by atoms with van der Waals surface area (Å²) in [5.41, 5.74) is 13.7. The van der Waals surface area contributed by atoms with Crippen molar-refractivity contribution in [2.45, 2.75) is 0 Å². The molecule has 0 bridgehead atoms. The van der Waals surface area contributed by atoms with Crippen molar-refractivity contribution in [3.63, 3.8) is 0 Å². The molecule has 10 aromatic carbocycles. The van der Waals surface area contributed by atoms with Gasteiger partial charge in [-0.2, -0.15) is 0 Å². The first kappa shape index (κ1) is 33.3. The second-order valence-corrected chi connectivity index (χ2v) is 15.3. The van der Waals surface area contributed by atoms with Crippen LogP contribution in [0.25, 0.3) is 98.8 Å². The van der Waals surface area contributed by atoms with Gasteiger partial charge < -0.3 is 13.7 Å². The summed E-state index contributed by atoms with van der Waals surface area (Å²) in [6.45, 7) is 0. The van der Waals surface area contributed by atoms with E-state index >= 15 is 0 Å². The van der Waals surface area contributed by atoms with Crippen LogP contribution >= 0.6 is 0 Å². The molecule has 12 aromatic rings. The quantitative estimate of drug-likeness (QED) is 0.158. The number of nitrogens with zero attached hydrogens (tertiary/aromatic N) is 1. The van der Waals surface area contributed by atoms with Crippen LogP contribution in [0.3, 0.4) is 0 Å².